The molecule has 21 heavy (non-hydrogen) atoms. The van der Waals surface area contributed by atoms with Gasteiger partial charge < -0.3 is 9.73 Å². The van der Waals surface area contributed by atoms with Crippen LogP contribution in [0, 0.1) is 5.92 Å². The fourth-order valence-corrected chi connectivity index (χ4v) is 3.80. The van der Waals surface area contributed by atoms with Crippen molar-refractivity contribution >= 4 is 5.69 Å². The minimum Gasteiger partial charge on any atom is -0.472 e. The van der Waals surface area contributed by atoms with E-state index in [0.29, 0.717) is 12.1 Å². The van der Waals surface area contributed by atoms with Crippen LogP contribution in [0.2, 0.25) is 0 Å². The van der Waals surface area contributed by atoms with E-state index in [0.717, 1.165) is 22.9 Å². The van der Waals surface area contributed by atoms with Crippen molar-refractivity contribution in [3.8, 4) is 11.3 Å². The largest absolute Gasteiger partial charge is 0.472 e. The maximum atomic E-state index is 5.11. The molecule has 2 aromatic heterocycles. The average Bonchev–Trinajstić information content (AvgIpc) is 3.06. The third kappa shape index (κ3) is 2.33. The fraction of sp³-hybridized carbons (Fsp3) is 0.471. The number of pyridine rings is 1. The Balaban J connectivity index is 1.50. The Bertz CT molecular complexity index is 583. The van der Waals surface area contributed by atoms with E-state index in [1.54, 1.807) is 12.5 Å². The zero-order valence-corrected chi connectivity index (χ0v) is 12.3. The lowest BCUT2D eigenvalue weighted by molar-refractivity contribution is 0.0458. The van der Waals surface area contributed by atoms with Crippen LogP contribution in [-0.4, -0.2) is 35.1 Å². The minimum atomic E-state index is 0.550. The number of hydrogen-bond donors (Lipinski definition) is 1. The SMILES string of the molecule is C[C@@H]1[C@@H](Nc2ccc(-c3ccoc3)nc2)C2CCN1CC2. The quantitative estimate of drug-likeness (QED) is 0.939. The van der Waals surface area contributed by atoms with Crippen LogP contribution in [0.3, 0.4) is 0 Å². The summed E-state index contributed by atoms with van der Waals surface area (Å²) < 4.78 is 5.11. The molecule has 0 aliphatic carbocycles. The average molecular weight is 283 g/mol. The number of rotatable bonds is 3. The van der Waals surface area contributed by atoms with Crippen LogP contribution in [0.15, 0.2) is 41.3 Å². The summed E-state index contributed by atoms with van der Waals surface area (Å²) in [6.07, 6.45) is 7.99. The summed E-state index contributed by atoms with van der Waals surface area (Å²) in [7, 11) is 0. The topological polar surface area (TPSA) is 41.3 Å². The van der Waals surface area contributed by atoms with Crippen molar-refractivity contribution < 1.29 is 4.42 Å². The molecule has 3 aliphatic rings. The van der Waals surface area contributed by atoms with Crippen molar-refractivity contribution in [1.82, 2.24) is 9.88 Å². The van der Waals surface area contributed by atoms with Gasteiger partial charge in [-0.05, 0) is 57.0 Å². The molecule has 5 heterocycles. The Hall–Kier alpha value is -1.81. The van der Waals surface area contributed by atoms with E-state index in [1.165, 1.54) is 25.9 Å². The van der Waals surface area contributed by atoms with E-state index < -0.39 is 0 Å². The number of nitrogens with zero attached hydrogens (tertiary/aromatic N) is 2. The molecule has 0 unspecified atom stereocenters. The smallest absolute Gasteiger partial charge is 0.0996 e. The first-order valence-corrected chi connectivity index (χ1v) is 7.80. The first-order valence-electron chi connectivity index (χ1n) is 7.80. The van der Waals surface area contributed by atoms with Crippen LogP contribution in [0.25, 0.3) is 11.3 Å². The van der Waals surface area contributed by atoms with Crippen molar-refractivity contribution in [3.63, 3.8) is 0 Å². The van der Waals surface area contributed by atoms with Gasteiger partial charge in [0.05, 0.1) is 30.1 Å². The van der Waals surface area contributed by atoms with Gasteiger partial charge in [-0.1, -0.05) is 0 Å². The number of fused-ring (bicyclic) bond motifs is 3. The Morgan fingerprint density at radius 2 is 2.10 bits per heavy atom. The summed E-state index contributed by atoms with van der Waals surface area (Å²) in [4.78, 5) is 7.14. The van der Waals surface area contributed by atoms with Gasteiger partial charge in [0.1, 0.15) is 0 Å². The van der Waals surface area contributed by atoms with E-state index in [9.17, 15) is 0 Å². The first kappa shape index (κ1) is 12.9. The molecule has 0 amide bonds. The van der Waals surface area contributed by atoms with Crippen LogP contribution in [0.5, 0.6) is 0 Å². The third-order valence-corrected chi connectivity index (χ3v) is 5.09. The van der Waals surface area contributed by atoms with Crippen LogP contribution < -0.4 is 5.32 Å². The van der Waals surface area contributed by atoms with Crippen molar-refractivity contribution in [2.45, 2.75) is 31.8 Å². The third-order valence-electron chi connectivity index (χ3n) is 5.09. The highest BCUT2D eigenvalue weighted by molar-refractivity contribution is 5.59. The van der Waals surface area contributed by atoms with Crippen molar-refractivity contribution in [3.05, 3.63) is 36.9 Å². The highest BCUT2D eigenvalue weighted by Gasteiger charge is 2.39. The Morgan fingerprint density at radius 1 is 1.24 bits per heavy atom. The number of furan rings is 1. The zero-order valence-electron chi connectivity index (χ0n) is 12.3. The molecule has 110 valence electrons. The summed E-state index contributed by atoms with van der Waals surface area (Å²) in [5.41, 5.74) is 3.10. The van der Waals surface area contributed by atoms with Gasteiger partial charge in [-0.3, -0.25) is 9.88 Å². The van der Waals surface area contributed by atoms with Gasteiger partial charge in [0.2, 0.25) is 0 Å². The fourth-order valence-electron chi connectivity index (χ4n) is 3.80. The second-order valence-corrected chi connectivity index (χ2v) is 6.23. The van der Waals surface area contributed by atoms with Crippen molar-refractivity contribution in [2.24, 2.45) is 5.92 Å². The lowest BCUT2D eigenvalue weighted by Crippen LogP contribution is -2.59. The number of piperidine rings is 3. The van der Waals surface area contributed by atoms with Crippen LogP contribution >= 0.6 is 0 Å². The molecule has 2 atom stereocenters. The van der Waals surface area contributed by atoms with Gasteiger partial charge in [0, 0.05) is 17.6 Å². The molecule has 4 nitrogen and oxygen atoms in total. The molecule has 2 aromatic rings. The van der Waals surface area contributed by atoms with Crippen molar-refractivity contribution in [1.29, 1.82) is 0 Å². The lowest BCUT2D eigenvalue weighted by Gasteiger charge is -2.50. The molecule has 3 saturated heterocycles. The molecular weight excluding hydrogens is 262 g/mol. The Kier molecular flexibility index (Phi) is 3.19. The maximum absolute atomic E-state index is 5.11. The molecule has 5 rings (SSSR count). The van der Waals surface area contributed by atoms with Gasteiger partial charge in [-0.25, -0.2) is 0 Å². The minimum absolute atomic E-state index is 0.550. The molecule has 0 saturated carbocycles. The molecule has 3 fully saturated rings. The van der Waals surface area contributed by atoms with Gasteiger partial charge in [-0.2, -0.15) is 0 Å². The summed E-state index contributed by atoms with van der Waals surface area (Å²) in [6, 6.07) is 7.28. The van der Waals surface area contributed by atoms with E-state index in [1.807, 2.05) is 12.3 Å². The summed E-state index contributed by atoms with van der Waals surface area (Å²) in [5, 5.41) is 3.71. The van der Waals surface area contributed by atoms with Crippen LogP contribution in [-0.2, 0) is 0 Å². The molecular formula is C17H21N3O. The summed E-state index contributed by atoms with van der Waals surface area (Å²) >= 11 is 0. The highest BCUT2D eigenvalue weighted by Crippen LogP contribution is 2.34. The van der Waals surface area contributed by atoms with E-state index in [-0.39, 0.29) is 0 Å². The Morgan fingerprint density at radius 3 is 2.71 bits per heavy atom. The number of nitrogens with one attached hydrogen (secondary N) is 1. The van der Waals surface area contributed by atoms with Crippen LogP contribution in [0.1, 0.15) is 19.8 Å². The van der Waals surface area contributed by atoms with E-state index in [2.05, 4.69) is 34.3 Å². The molecule has 0 spiro atoms. The van der Waals surface area contributed by atoms with Crippen molar-refractivity contribution in [2.75, 3.05) is 18.4 Å². The predicted molar refractivity (Wildman–Crippen MR) is 83.1 cm³/mol. The standard InChI is InChI=1S/C17H21N3O/c1-12-17(13-4-7-20(12)8-5-13)19-15-2-3-16(18-10-15)14-6-9-21-11-14/h2-3,6,9-13,17,19H,4-5,7-8H2,1H3/t12-,17-/m1/s1. The monoisotopic (exact) mass is 283 g/mol. The summed E-state index contributed by atoms with van der Waals surface area (Å²) in [6.45, 7) is 4.87. The maximum Gasteiger partial charge on any atom is 0.0996 e. The molecule has 4 heteroatoms. The van der Waals surface area contributed by atoms with Gasteiger partial charge in [0.25, 0.3) is 0 Å². The van der Waals surface area contributed by atoms with Gasteiger partial charge in [-0.15, -0.1) is 0 Å². The van der Waals surface area contributed by atoms with E-state index >= 15 is 0 Å². The number of aromatic nitrogens is 1. The summed E-state index contributed by atoms with van der Waals surface area (Å²) in [5.74, 6) is 0.804. The van der Waals surface area contributed by atoms with Gasteiger partial charge >= 0.3 is 0 Å². The Labute approximate surface area is 125 Å². The second kappa shape index (κ2) is 5.19. The highest BCUT2D eigenvalue weighted by atomic mass is 16.3. The molecule has 1 N–H and O–H groups in total. The predicted octanol–water partition coefficient (Wildman–Crippen LogP) is 3.24. The molecule has 2 bridgehead atoms. The van der Waals surface area contributed by atoms with Crippen LogP contribution in [0.4, 0.5) is 5.69 Å². The first-order chi connectivity index (χ1) is 10.3. The molecule has 0 radical (unpaired) electrons. The molecule has 3 aliphatic heterocycles. The lowest BCUT2D eigenvalue weighted by atomic mass is 9.79. The number of anilines is 1. The van der Waals surface area contributed by atoms with E-state index in [4.69, 9.17) is 4.42 Å². The zero-order chi connectivity index (χ0) is 14.2. The normalized spacial score (nSPS) is 31.3. The second-order valence-electron chi connectivity index (χ2n) is 6.23. The van der Waals surface area contributed by atoms with Gasteiger partial charge in [0.15, 0.2) is 0 Å². The molecule has 0 aromatic carbocycles. The number of hydrogen-bond acceptors (Lipinski definition) is 4.